The molecule has 0 spiro atoms. The van der Waals surface area contributed by atoms with E-state index in [0.29, 0.717) is 28.0 Å². The molecule has 3 rings (SSSR count). The van der Waals surface area contributed by atoms with Crippen LogP contribution < -0.4 is 20.1 Å². The van der Waals surface area contributed by atoms with Crippen LogP contribution in [0.1, 0.15) is 0 Å². The number of halogens is 1. The second kappa shape index (κ2) is 6.62. The van der Waals surface area contributed by atoms with Crippen LogP contribution in [0.2, 0.25) is 5.02 Å². The number of anilines is 2. The van der Waals surface area contributed by atoms with Crippen LogP contribution in [0.15, 0.2) is 29.6 Å². The number of benzene rings is 1. The number of amides is 2. The van der Waals surface area contributed by atoms with E-state index in [1.54, 1.807) is 23.5 Å². The number of carbonyl (C=O) groups excluding carboxylic acids is 1. The van der Waals surface area contributed by atoms with E-state index in [-0.39, 0.29) is 6.03 Å². The Hall–Kier alpha value is -2.38. The molecule has 2 aromatic heterocycles. The number of hydrogen-bond acceptors (Lipinski definition) is 4. The lowest BCUT2D eigenvalue weighted by molar-refractivity contribution is 0.262. The maximum absolute atomic E-state index is 12.3. The Morgan fingerprint density at radius 1 is 1.17 bits per heavy atom. The van der Waals surface area contributed by atoms with Crippen molar-refractivity contribution in [3.63, 3.8) is 0 Å². The van der Waals surface area contributed by atoms with Crippen molar-refractivity contribution in [3.05, 3.63) is 34.7 Å². The first-order valence-electron chi connectivity index (χ1n) is 7.06. The van der Waals surface area contributed by atoms with Crippen molar-refractivity contribution in [2.75, 3.05) is 24.9 Å². The number of rotatable bonds is 4. The van der Waals surface area contributed by atoms with E-state index < -0.39 is 0 Å². The van der Waals surface area contributed by atoms with Gasteiger partial charge >= 0.3 is 6.03 Å². The SMILES string of the molecule is COc1cc(OC)c(NC(=O)Nc2cc3sccc3n2C)cc1Cl. The van der Waals surface area contributed by atoms with Gasteiger partial charge in [0.2, 0.25) is 0 Å². The predicted molar refractivity (Wildman–Crippen MR) is 98.0 cm³/mol. The van der Waals surface area contributed by atoms with Crippen molar-refractivity contribution in [2.24, 2.45) is 7.05 Å². The first kappa shape index (κ1) is 16.5. The van der Waals surface area contributed by atoms with Crippen molar-refractivity contribution < 1.29 is 14.3 Å². The van der Waals surface area contributed by atoms with E-state index >= 15 is 0 Å². The van der Waals surface area contributed by atoms with Gasteiger partial charge in [-0.3, -0.25) is 5.32 Å². The maximum Gasteiger partial charge on any atom is 0.324 e. The molecule has 0 radical (unpaired) electrons. The number of nitrogens with zero attached hydrogens (tertiary/aromatic N) is 1. The molecule has 0 saturated heterocycles. The summed E-state index contributed by atoms with van der Waals surface area (Å²) in [7, 11) is 4.92. The number of aromatic nitrogens is 1. The van der Waals surface area contributed by atoms with Crippen LogP contribution in [0.4, 0.5) is 16.3 Å². The van der Waals surface area contributed by atoms with E-state index in [2.05, 4.69) is 10.6 Å². The fourth-order valence-corrected chi connectivity index (χ4v) is 3.49. The Bertz CT molecular complexity index is 903. The number of hydrogen-bond donors (Lipinski definition) is 2. The van der Waals surface area contributed by atoms with Gasteiger partial charge in [-0.1, -0.05) is 11.6 Å². The standard InChI is InChI=1S/C16H16ClN3O3S/c1-20-11-4-5-24-14(11)8-15(20)19-16(21)18-10-6-9(17)12(22-2)7-13(10)23-3/h4-8H,1-3H3,(H2,18,19,21). The number of fused-ring (bicyclic) bond motifs is 1. The lowest BCUT2D eigenvalue weighted by Crippen LogP contribution is -2.21. The molecule has 6 nitrogen and oxygen atoms in total. The van der Waals surface area contributed by atoms with Gasteiger partial charge in [0.15, 0.2) is 0 Å². The van der Waals surface area contributed by atoms with Gasteiger partial charge in [0.1, 0.15) is 17.3 Å². The largest absolute Gasteiger partial charge is 0.495 e. The molecule has 0 saturated carbocycles. The third-order valence-corrected chi connectivity index (χ3v) is 4.78. The molecule has 0 bridgehead atoms. The topological polar surface area (TPSA) is 64.5 Å². The molecule has 3 aromatic rings. The highest BCUT2D eigenvalue weighted by Crippen LogP contribution is 2.36. The molecule has 2 amide bonds. The number of thiophene rings is 1. The monoisotopic (exact) mass is 365 g/mol. The van der Waals surface area contributed by atoms with Crippen LogP contribution in [0.25, 0.3) is 10.2 Å². The van der Waals surface area contributed by atoms with Gasteiger partial charge in [0, 0.05) is 13.1 Å². The minimum Gasteiger partial charge on any atom is -0.495 e. The van der Waals surface area contributed by atoms with Crippen LogP contribution in [-0.2, 0) is 7.05 Å². The number of methoxy groups -OCH3 is 2. The molecule has 0 aliphatic rings. The van der Waals surface area contributed by atoms with Gasteiger partial charge in [-0.25, -0.2) is 4.79 Å². The lowest BCUT2D eigenvalue weighted by atomic mass is 10.2. The molecular formula is C16H16ClN3O3S. The summed E-state index contributed by atoms with van der Waals surface area (Å²) in [6.45, 7) is 0. The van der Waals surface area contributed by atoms with Crippen molar-refractivity contribution in [1.29, 1.82) is 0 Å². The van der Waals surface area contributed by atoms with E-state index in [1.165, 1.54) is 14.2 Å². The highest BCUT2D eigenvalue weighted by molar-refractivity contribution is 7.17. The minimum atomic E-state index is -0.386. The molecule has 24 heavy (non-hydrogen) atoms. The summed E-state index contributed by atoms with van der Waals surface area (Å²) in [5, 5.41) is 7.96. The van der Waals surface area contributed by atoms with Crippen molar-refractivity contribution >= 4 is 50.7 Å². The molecular weight excluding hydrogens is 350 g/mol. The molecule has 2 heterocycles. The predicted octanol–water partition coefficient (Wildman–Crippen LogP) is 4.55. The van der Waals surface area contributed by atoms with Crippen LogP contribution >= 0.6 is 22.9 Å². The van der Waals surface area contributed by atoms with Gasteiger partial charge in [-0.05, 0) is 23.6 Å². The van der Waals surface area contributed by atoms with E-state index in [1.807, 2.05) is 29.1 Å². The highest BCUT2D eigenvalue weighted by atomic mass is 35.5. The van der Waals surface area contributed by atoms with Gasteiger partial charge < -0.3 is 19.4 Å². The first-order valence-corrected chi connectivity index (χ1v) is 8.31. The summed E-state index contributed by atoms with van der Waals surface area (Å²) in [5.74, 6) is 1.63. The third-order valence-electron chi connectivity index (χ3n) is 3.63. The quantitative estimate of drug-likeness (QED) is 0.712. The molecule has 1 aromatic carbocycles. The Labute approximate surface area is 147 Å². The van der Waals surface area contributed by atoms with E-state index in [0.717, 1.165) is 10.2 Å². The summed E-state index contributed by atoms with van der Waals surface area (Å²) >= 11 is 7.73. The average Bonchev–Trinajstić information content (AvgIpc) is 3.12. The number of ether oxygens (including phenoxy) is 2. The summed E-state index contributed by atoms with van der Waals surface area (Å²) in [6.07, 6.45) is 0. The van der Waals surface area contributed by atoms with E-state index in [4.69, 9.17) is 21.1 Å². The zero-order chi connectivity index (χ0) is 17.3. The fourth-order valence-electron chi connectivity index (χ4n) is 2.40. The molecule has 8 heteroatoms. The van der Waals surface area contributed by atoms with Gasteiger partial charge in [0.25, 0.3) is 0 Å². The van der Waals surface area contributed by atoms with Gasteiger partial charge in [0.05, 0.1) is 35.1 Å². The van der Waals surface area contributed by atoms with Gasteiger partial charge in [-0.15, -0.1) is 11.3 Å². The third kappa shape index (κ3) is 3.00. The minimum absolute atomic E-state index is 0.382. The van der Waals surface area contributed by atoms with E-state index in [9.17, 15) is 4.79 Å². The Morgan fingerprint density at radius 2 is 1.92 bits per heavy atom. The number of carbonyl (C=O) groups is 1. The number of nitrogens with one attached hydrogen (secondary N) is 2. The molecule has 0 aliphatic carbocycles. The van der Waals surface area contributed by atoms with Gasteiger partial charge in [-0.2, -0.15) is 0 Å². The van der Waals surface area contributed by atoms with Crippen LogP contribution in [0, 0.1) is 0 Å². The molecule has 0 atom stereocenters. The van der Waals surface area contributed by atoms with Crippen LogP contribution in [0.5, 0.6) is 11.5 Å². The van der Waals surface area contributed by atoms with Crippen molar-refractivity contribution in [1.82, 2.24) is 4.57 Å². The molecule has 2 N–H and O–H groups in total. The van der Waals surface area contributed by atoms with Crippen molar-refractivity contribution in [2.45, 2.75) is 0 Å². The Kier molecular flexibility index (Phi) is 4.55. The second-order valence-corrected chi connectivity index (χ2v) is 6.38. The Morgan fingerprint density at radius 3 is 2.58 bits per heavy atom. The molecule has 126 valence electrons. The number of urea groups is 1. The van der Waals surface area contributed by atoms with Crippen LogP contribution in [0.3, 0.4) is 0 Å². The Balaban J connectivity index is 1.80. The second-order valence-electron chi connectivity index (χ2n) is 5.02. The van der Waals surface area contributed by atoms with Crippen molar-refractivity contribution in [3.8, 4) is 11.5 Å². The highest BCUT2D eigenvalue weighted by Gasteiger charge is 2.14. The summed E-state index contributed by atoms with van der Waals surface area (Å²) in [5.41, 5.74) is 1.53. The molecule has 0 unspecified atom stereocenters. The zero-order valence-corrected chi connectivity index (χ0v) is 14.9. The fraction of sp³-hybridized carbons (Fsp3) is 0.188. The summed E-state index contributed by atoms with van der Waals surface area (Å²) < 4.78 is 13.4. The van der Waals surface area contributed by atoms with Crippen LogP contribution in [-0.4, -0.2) is 24.8 Å². The summed E-state index contributed by atoms with van der Waals surface area (Å²) in [6, 6.07) is 6.76. The maximum atomic E-state index is 12.3. The normalized spacial score (nSPS) is 10.7. The molecule has 0 aliphatic heterocycles. The molecule has 0 fully saturated rings. The smallest absolute Gasteiger partial charge is 0.324 e. The average molecular weight is 366 g/mol. The zero-order valence-electron chi connectivity index (χ0n) is 13.3. The first-order chi connectivity index (χ1) is 11.5. The lowest BCUT2D eigenvalue weighted by Gasteiger charge is -2.14. The summed E-state index contributed by atoms with van der Waals surface area (Å²) in [4.78, 5) is 12.3. The number of aryl methyl sites for hydroxylation is 1.